The van der Waals surface area contributed by atoms with Gasteiger partial charge in [-0.2, -0.15) is 0 Å². The third-order valence-electron chi connectivity index (χ3n) is 3.70. The molecule has 8 nitrogen and oxygen atoms in total. The lowest BCUT2D eigenvalue weighted by atomic mass is 10.2. The van der Waals surface area contributed by atoms with Gasteiger partial charge in [-0.15, -0.1) is 0 Å². The zero-order valence-corrected chi connectivity index (χ0v) is 17.7. The molecule has 0 N–H and O–H groups in total. The summed E-state index contributed by atoms with van der Waals surface area (Å²) in [5, 5.41) is 22.2. The van der Waals surface area contributed by atoms with Gasteiger partial charge in [0.2, 0.25) is 5.75 Å². The number of rotatable bonds is 6. The number of aliphatic imine (C=N–C) groups is 1. The van der Waals surface area contributed by atoms with Crippen molar-refractivity contribution in [1.82, 2.24) is 0 Å². The van der Waals surface area contributed by atoms with Crippen LogP contribution in [0.3, 0.4) is 0 Å². The number of para-hydroxylation sites is 1. The minimum atomic E-state index is -0.731. The first kappa shape index (κ1) is 20.6. The molecule has 0 amide bonds. The highest BCUT2D eigenvalue weighted by atomic mass is 79.9. The van der Waals surface area contributed by atoms with Crippen LogP contribution in [0.1, 0.15) is 5.56 Å². The maximum atomic E-state index is 11.3. The third kappa shape index (κ3) is 5.04. The van der Waals surface area contributed by atoms with E-state index in [4.69, 9.17) is 4.74 Å². The number of nitro groups is 2. The summed E-state index contributed by atoms with van der Waals surface area (Å²) in [5.41, 5.74) is 0.655. The van der Waals surface area contributed by atoms with Gasteiger partial charge in [0.25, 0.3) is 5.69 Å². The number of benzene rings is 3. The van der Waals surface area contributed by atoms with Crippen LogP contribution in [0.2, 0.25) is 0 Å². The van der Waals surface area contributed by atoms with Crippen LogP contribution in [0.15, 0.2) is 74.6 Å². The van der Waals surface area contributed by atoms with Crippen molar-refractivity contribution in [2.75, 3.05) is 0 Å². The number of nitrogens with zero attached hydrogens (tertiary/aromatic N) is 3. The fraction of sp³-hybridized carbons (Fsp3) is 0. The van der Waals surface area contributed by atoms with E-state index in [1.807, 2.05) is 30.3 Å². The van der Waals surface area contributed by atoms with Gasteiger partial charge < -0.3 is 4.74 Å². The summed E-state index contributed by atoms with van der Waals surface area (Å²) < 4.78 is 6.73. The fourth-order valence-corrected chi connectivity index (χ4v) is 3.76. The molecule has 0 radical (unpaired) electrons. The highest BCUT2D eigenvalue weighted by molar-refractivity contribution is 9.11. The van der Waals surface area contributed by atoms with Crippen molar-refractivity contribution in [2.45, 2.75) is 0 Å². The second-order valence-electron chi connectivity index (χ2n) is 5.68. The van der Waals surface area contributed by atoms with Crippen molar-refractivity contribution >= 4 is 55.1 Å². The van der Waals surface area contributed by atoms with E-state index in [-0.39, 0.29) is 5.75 Å². The molecule has 0 atom stereocenters. The normalized spacial score (nSPS) is 10.8. The molecular weight excluding hydrogens is 510 g/mol. The van der Waals surface area contributed by atoms with Gasteiger partial charge in [0.15, 0.2) is 5.75 Å². The van der Waals surface area contributed by atoms with E-state index < -0.39 is 21.2 Å². The van der Waals surface area contributed by atoms with Gasteiger partial charge in [0, 0.05) is 12.3 Å². The summed E-state index contributed by atoms with van der Waals surface area (Å²) in [5.74, 6) is 0.173. The molecule has 0 fully saturated rings. The molecule has 0 bridgehead atoms. The van der Waals surface area contributed by atoms with Crippen LogP contribution in [-0.2, 0) is 0 Å². The summed E-state index contributed by atoms with van der Waals surface area (Å²) in [7, 11) is 0. The Morgan fingerprint density at radius 2 is 1.55 bits per heavy atom. The summed E-state index contributed by atoms with van der Waals surface area (Å²) in [6, 6.07) is 16.1. The largest absolute Gasteiger partial charge is 0.448 e. The summed E-state index contributed by atoms with van der Waals surface area (Å²) in [6.07, 6.45) is 1.67. The van der Waals surface area contributed by atoms with Crippen LogP contribution in [0, 0.1) is 20.2 Å². The number of halogens is 2. The van der Waals surface area contributed by atoms with Crippen LogP contribution < -0.4 is 4.74 Å². The molecule has 10 heteroatoms. The Bertz CT molecular complexity index is 1100. The third-order valence-corrected chi connectivity index (χ3v) is 4.88. The van der Waals surface area contributed by atoms with Gasteiger partial charge in [-0.25, -0.2) is 0 Å². The van der Waals surface area contributed by atoms with Gasteiger partial charge in [0.05, 0.1) is 30.5 Å². The predicted octanol–water partition coefficient (Wildman–Crippen LogP) is 6.57. The second kappa shape index (κ2) is 8.93. The molecule has 0 aliphatic rings. The van der Waals surface area contributed by atoms with Crippen LogP contribution in [0.5, 0.6) is 11.5 Å². The number of nitro benzene ring substituents is 2. The SMILES string of the molecule is O=[N+]([O-])c1ccc(Oc2c(Br)cc(C=Nc3ccccc3)cc2Br)c([N+](=O)[O-])c1. The minimum absolute atomic E-state index is 0.118. The van der Waals surface area contributed by atoms with E-state index in [1.54, 1.807) is 18.3 Å². The molecule has 29 heavy (non-hydrogen) atoms. The lowest BCUT2D eigenvalue weighted by Gasteiger charge is -2.11. The second-order valence-corrected chi connectivity index (χ2v) is 7.38. The molecule has 3 aromatic carbocycles. The molecule has 0 unspecified atom stereocenters. The van der Waals surface area contributed by atoms with Crippen LogP contribution in [0.25, 0.3) is 0 Å². The van der Waals surface area contributed by atoms with Gasteiger partial charge >= 0.3 is 5.69 Å². The van der Waals surface area contributed by atoms with E-state index >= 15 is 0 Å². The lowest BCUT2D eigenvalue weighted by molar-refractivity contribution is -0.394. The quantitative estimate of drug-likeness (QED) is 0.207. The summed E-state index contributed by atoms with van der Waals surface area (Å²) in [4.78, 5) is 25.1. The van der Waals surface area contributed by atoms with Crippen molar-refractivity contribution in [3.05, 3.63) is 95.4 Å². The highest BCUT2D eigenvalue weighted by Crippen LogP contribution is 2.41. The van der Waals surface area contributed by atoms with E-state index in [1.165, 1.54) is 6.07 Å². The van der Waals surface area contributed by atoms with Crippen molar-refractivity contribution in [3.8, 4) is 11.5 Å². The molecule has 0 saturated heterocycles. The lowest BCUT2D eigenvalue weighted by Crippen LogP contribution is -1.97. The maximum Gasteiger partial charge on any atom is 0.318 e. The molecular formula is C19H11Br2N3O5. The molecule has 146 valence electrons. The van der Waals surface area contributed by atoms with E-state index in [9.17, 15) is 20.2 Å². The van der Waals surface area contributed by atoms with Gasteiger partial charge in [-0.05, 0) is 67.8 Å². The van der Waals surface area contributed by atoms with E-state index in [0.29, 0.717) is 14.7 Å². The zero-order valence-electron chi connectivity index (χ0n) is 14.5. The van der Waals surface area contributed by atoms with Gasteiger partial charge in [-0.1, -0.05) is 18.2 Å². The standard InChI is InChI=1S/C19H11Br2N3O5/c20-15-8-12(11-22-13-4-2-1-3-5-13)9-16(21)19(15)29-18-7-6-14(23(25)26)10-17(18)24(27)28/h1-11H. The molecule has 0 heterocycles. The van der Waals surface area contributed by atoms with Gasteiger partial charge in [0.1, 0.15) is 0 Å². The van der Waals surface area contributed by atoms with Crippen molar-refractivity contribution in [2.24, 2.45) is 4.99 Å². The maximum absolute atomic E-state index is 11.3. The first-order valence-electron chi connectivity index (χ1n) is 8.04. The minimum Gasteiger partial charge on any atom is -0.448 e. The fourth-order valence-electron chi connectivity index (χ4n) is 2.37. The molecule has 0 aliphatic heterocycles. The van der Waals surface area contributed by atoms with Crippen LogP contribution >= 0.6 is 31.9 Å². The zero-order chi connectivity index (χ0) is 21.0. The Morgan fingerprint density at radius 1 is 0.897 bits per heavy atom. The molecule has 0 aliphatic carbocycles. The average molecular weight is 521 g/mol. The first-order chi connectivity index (χ1) is 13.8. The Balaban J connectivity index is 1.92. The van der Waals surface area contributed by atoms with E-state index in [2.05, 4.69) is 36.9 Å². The van der Waals surface area contributed by atoms with Crippen molar-refractivity contribution in [1.29, 1.82) is 0 Å². The molecule has 0 saturated carbocycles. The Morgan fingerprint density at radius 3 is 2.14 bits per heavy atom. The number of ether oxygens (including phenoxy) is 1. The smallest absolute Gasteiger partial charge is 0.318 e. The van der Waals surface area contributed by atoms with Crippen molar-refractivity contribution in [3.63, 3.8) is 0 Å². The average Bonchev–Trinajstić information content (AvgIpc) is 2.69. The van der Waals surface area contributed by atoms with E-state index in [0.717, 1.165) is 23.4 Å². The molecule has 3 aromatic rings. The Hall–Kier alpha value is -3.11. The first-order valence-corrected chi connectivity index (χ1v) is 9.62. The summed E-state index contributed by atoms with van der Waals surface area (Å²) in [6.45, 7) is 0. The van der Waals surface area contributed by atoms with Crippen LogP contribution in [-0.4, -0.2) is 16.1 Å². The Labute approximate surface area is 181 Å². The molecule has 3 rings (SSSR count). The molecule has 0 spiro atoms. The van der Waals surface area contributed by atoms with Crippen LogP contribution in [0.4, 0.5) is 17.1 Å². The van der Waals surface area contributed by atoms with Crippen molar-refractivity contribution < 1.29 is 14.6 Å². The van der Waals surface area contributed by atoms with Gasteiger partial charge in [-0.3, -0.25) is 25.2 Å². The Kier molecular flexibility index (Phi) is 6.35. The number of hydrogen-bond donors (Lipinski definition) is 0. The number of non-ortho nitro benzene ring substituents is 1. The topological polar surface area (TPSA) is 108 Å². The highest BCUT2D eigenvalue weighted by Gasteiger charge is 2.22. The summed E-state index contributed by atoms with van der Waals surface area (Å²) >= 11 is 6.77. The monoisotopic (exact) mass is 519 g/mol. The predicted molar refractivity (Wildman–Crippen MR) is 115 cm³/mol. The molecule has 0 aromatic heterocycles. The number of hydrogen-bond acceptors (Lipinski definition) is 6.